The summed E-state index contributed by atoms with van der Waals surface area (Å²) in [5, 5.41) is 7.38. The van der Waals surface area contributed by atoms with E-state index in [0.717, 1.165) is 55.4 Å². The molecule has 0 bridgehead atoms. The predicted octanol–water partition coefficient (Wildman–Crippen LogP) is 3.14. The number of likely N-dealkylation sites (tertiary alicyclic amines) is 1. The van der Waals surface area contributed by atoms with E-state index in [1.54, 1.807) is 14.2 Å². The van der Waals surface area contributed by atoms with Gasteiger partial charge in [-0.3, -0.25) is 9.89 Å². The molecule has 2 aliphatic heterocycles. The molecule has 4 rings (SSSR count). The Labute approximate surface area is 182 Å². The monoisotopic (exact) mass is 430 g/mol. The molecule has 8 heteroatoms. The van der Waals surface area contributed by atoms with Gasteiger partial charge in [0.2, 0.25) is 0 Å². The Morgan fingerprint density at radius 2 is 2.00 bits per heavy atom. The average molecular weight is 431 g/mol. The van der Waals surface area contributed by atoms with Crippen LogP contribution in [-0.4, -0.2) is 83.9 Å². The first kappa shape index (κ1) is 21.1. The Bertz CT molecular complexity index is 866. The Balaban J connectivity index is 1.56. The van der Waals surface area contributed by atoms with E-state index in [1.807, 2.05) is 36.0 Å². The summed E-state index contributed by atoms with van der Waals surface area (Å²) in [4.78, 5) is 18.0. The van der Waals surface area contributed by atoms with E-state index in [9.17, 15) is 4.79 Å². The molecular weight excluding hydrogens is 400 g/mol. The minimum atomic E-state index is 0.0299. The van der Waals surface area contributed by atoms with Crippen molar-refractivity contribution in [2.45, 2.75) is 25.3 Å². The summed E-state index contributed by atoms with van der Waals surface area (Å²) in [6, 6.07) is 7.63. The zero-order chi connectivity index (χ0) is 20.9. The minimum absolute atomic E-state index is 0.0299. The van der Waals surface area contributed by atoms with Crippen LogP contribution in [0.1, 0.15) is 29.8 Å². The maximum atomic E-state index is 13.4. The molecule has 1 aromatic heterocycles. The molecule has 1 atom stereocenters. The van der Waals surface area contributed by atoms with Gasteiger partial charge in [-0.25, -0.2) is 0 Å². The maximum absolute atomic E-state index is 13.4. The average Bonchev–Trinajstić information content (AvgIpc) is 3.42. The van der Waals surface area contributed by atoms with E-state index < -0.39 is 0 Å². The molecule has 0 saturated carbocycles. The summed E-state index contributed by atoms with van der Waals surface area (Å²) < 4.78 is 10.8. The number of rotatable bonds is 6. The molecule has 30 heavy (non-hydrogen) atoms. The molecule has 0 radical (unpaired) electrons. The molecule has 0 spiro atoms. The molecule has 2 fully saturated rings. The van der Waals surface area contributed by atoms with E-state index in [4.69, 9.17) is 9.47 Å². The Morgan fingerprint density at radius 1 is 1.17 bits per heavy atom. The van der Waals surface area contributed by atoms with Crippen molar-refractivity contribution in [1.29, 1.82) is 0 Å². The number of nitrogens with zero attached hydrogens (tertiary/aromatic N) is 3. The van der Waals surface area contributed by atoms with Gasteiger partial charge in [0.1, 0.15) is 17.2 Å². The normalized spacial score (nSPS) is 20.2. The number of ether oxygens (including phenoxy) is 2. The van der Waals surface area contributed by atoms with Crippen molar-refractivity contribution in [3.63, 3.8) is 0 Å². The third-order valence-corrected chi connectivity index (χ3v) is 7.06. The van der Waals surface area contributed by atoms with Crippen LogP contribution in [0.2, 0.25) is 0 Å². The Hall–Kier alpha value is -2.19. The van der Waals surface area contributed by atoms with Crippen LogP contribution < -0.4 is 9.47 Å². The predicted molar refractivity (Wildman–Crippen MR) is 120 cm³/mol. The molecule has 1 aromatic carbocycles. The number of carbonyl (C=O) groups excluding carboxylic acids is 1. The number of benzene rings is 1. The smallest absolute Gasteiger partial charge is 0.272 e. The number of carbonyl (C=O) groups is 1. The second kappa shape index (κ2) is 9.75. The number of aromatic amines is 1. The van der Waals surface area contributed by atoms with Crippen molar-refractivity contribution >= 4 is 17.7 Å². The lowest BCUT2D eigenvalue weighted by molar-refractivity contribution is 0.0660. The quantitative estimate of drug-likeness (QED) is 0.759. The van der Waals surface area contributed by atoms with E-state index in [-0.39, 0.29) is 11.9 Å². The van der Waals surface area contributed by atoms with E-state index in [2.05, 4.69) is 20.0 Å². The van der Waals surface area contributed by atoms with Crippen molar-refractivity contribution in [2.24, 2.45) is 0 Å². The summed E-state index contributed by atoms with van der Waals surface area (Å²) in [5.41, 5.74) is 2.00. The number of H-pyrrole nitrogens is 1. The van der Waals surface area contributed by atoms with Crippen LogP contribution in [0, 0.1) is 0 Å². The van der Waals surface area contributed by atoms with E-state index in [1.165, 1.54) is 12.8 Å². The number of thioether (sulfide) groups is 1. The van der Waals surface area contributed by atoms with Gasteiger partial charge in [0, 0.05) is 24.4 Å². The first-order chi connectivity index (χ1) is 14.7. The van der Waals surface area contributed by atoms with Gasteiger partial charge in [-0.15, -0.1) is 0 Å². The van der Waals surface area contributed by atoms with Gasteiger partial charge in [0.05, 0.1) is 26.0 Å². The number of aromatic nitrogens is 2. The van der Waals surface area contributed by atoms with Crippen molar-refractivity contribution in [1.82, 2.24) is 20.0 Å². The molecule has 162 valence electrons. The van der Waals surface area contributed by atoms with Gasteiger partial charge in [-0.1, -0.05) is 0 Å². The molecule has 7 nitrogen and oxygen atoms in total. The number of methoxy groups -OCH3 is 2. The van der Waals surface area contributed by atoms with Gasteiger partial charge in [0.25, 0.3) is 5.91 Å². The van der Waals surface area contributed by atoms with Crippen molar-refractivity contribution < 1.29 is 14.3 Å². The first-order valence-corrected chi connectivity index (χ1v) is 11.7. The maximum Gasteiger partial charge on any atom is 0.272 e. The summed E-state index contributed by atoms with van der Waals surface area (Å²) in [5.74, 6) is 3.54. The highest BCUT2D eigenvalue weighted by Gasteiger charge is 2.30. The number of amides is 1. The molecule has 1 amide bonds. The van der Waals surface area contributed by atoms with Crippen LogP contribution in [0.4, 0.5) is 0 Å². The zero-order valence-electron chi connectivity index (χ0n) is 17.7. The van der Waals surface area contributed by atoms with Crippen LogP contribution in [0.15, 0.2) is 24.3 Å². The van der Waals surface area contributed by atoms with Gasteiger partial charge in [0.15, 0.2) is 0 Å². The molecule has 2 saturated heterocycles. The molecule has 2 aromatic rings. The Kier molecular flexibility index (Phi) is 6.84. The summed E-state index contributed by atoms with van der Waals surface area (Å²) >= 11 is 1.96. The third kappa shape index (κ3) is 4.59. The minimum Gasteiger partial charge on any atom is -0.497 e. The molecule has 3 heterocycles. The van der Waals surface area contributed by atoms with E-state index >= 15 is 0 Å². The highest BCUT2D eigenvalue weighted by molar-refractivity contribution is 7.99. The highest BCUT2D eigenvalue weighted by Crippen LogP contribution is 2.33. The van der Waals surface area contributed by atoms with Crippen molar-refractivity contribution in [2.75, 3.05) is 51.9 Å². The summed E-state index contributed by atoms with van der Waals surface area (Å²) in [6.45, 7) is 4.05. The van der Waals surface area contributed by atoms with Crippen LogP contribution >= 0.6 is 11.8 Å². The molecule has 0 aliphatic carbocycles. The third-order valence-electron chi connectivity index (χ3n) is 5.86. The molecular formula is C22H30N4O3S. The highest BCUT2D eigenvalue weighted by atomic mass is 32.2. The fourth-order valence-corrected chi connectivity index (χ4v) is 5.31. The van der Waals surface area contributed by atoms with Crippen LogP contribution in [0.3, 0.4) is 0 Å². The lowest BCUT2D eigenvalue weighted by atomic mass is 10.1. The topological polar surface area (TPSA) is 70.7 Å². The summed E-state index contributed by atoms with van der Waals surface area (Å²) in [6.07, 6.45) is 3.55. The van der Waals surface area contributed by atoms with Crippen LogP contribution in [-0.2, 0) is 0 Å². The standard InChI is InChI=1S/C22H30N4O3S/c1-28-17-6-7-21(29-2)18(12-17)19-13-20(24-23-19)22(27)26-10-5-11-30-15-16(26)14-25-8-3-4-9-25/h6-7,12-13,16H,3-5,8-11,14-15H2,1-2H3,(H,23,24). The Morgan fingerprint density at radius 3 is 2.77 bits per heavy atom. The first-order valence-electron chi connectivity index (χ1n) is 10.6. The van der Waals surface area contributed by atoms with Crippen molar-refractivity contribution in [3.8, 4) is 22.8 Å². The van der Waals surface area contributed by atoms with Crippen molar-refractivity contribution in [3.05, 3.63) is 30.0 Å². The fraction of sp³-hybridized carbons (Fsp3) is 0.545. The van der Waals surface area contributed by atoms with Gasteiger partial charge < -0.3 is 19.3 Å². The van der Waals surface area contributed by atoms with E-state index in [0.29, 0.717) is 17.1 Å². The van der Waals surface area contributed by atoms with Gasteiger partial charge in [-0.05, 0) is 62.4 Å². The largest absolute Gasteiger partial charge is 0.497 e. The van der Waals surface area contributed by atoms with Crippen LogP contribution in [0.5, 0.6) is 11.5 Å². The second-order valence-electron chi connectivity index (χ2n) is 7.82. The van der Waals surface area contributed by atoms with Gasteiger partial charge >= 0.3 is 0 Å². The fourth-order valence-electron chi connectivity index (χ4n) is 4.25. The zero-order valence-corrected chi connectivity index (χ0v) is 18.5. The van der Waals surface area contributed by atoms with Crippen LogP contribution in [0.25, 0.3) is 11.3 Å². The summed E-state index contributed by atoms with van der Waals surface area (Å²) in [7, 11) is 3.25. The number of nitrogens with one attached hydrogen (secondary N) is 1. The number of hydrogen-bond donors (Lipinski definition) is 1. The SMILES string of the molecule is COc1ccc(OC)c(-c2cc(C(=O)N3CCCSCC3CN3CCCC3)[nH]n2)c1. The molecule has 1 N–H and O–H groups in total. The second-order valence-corrected chi connectivity index (χ2v) is 8.97. The van der Waals surface area contributed by atoms with Gasteiger partial charge in [-0.2, -0.15) is 16.9 Å². The lowest BCUT2D eigenvalue weighted by Gasteiger charge is -2.32. The number of hydrogen-bond acceptors (Lipinski definition) is 6. The lowest BCUT2D eigenvalue weighted by Crippen LogP contribution is -2.47. The molecule has 1 unspecified atom stereocenters. The molecule has 2 aliphatic rings.